The maximum absolute atomic E-state index is 3.77. The molecule has 0 saturated heterocycles. The fourth-order valence-electron chi connectivity index (χ4n) is 2.92. The highest BCUT2D eigenvalue weighted by molar-refractivity contribution is 5.40. The van der Waals surface area contributed by atoms with Crippen LogP contribution >= 0.6 is 0 Å². The molecule has 0 amide bonds. The van der Waals surface area contributed by atoms with Crippen molar-refractivity contribution in [1.82, 2.24) is 5.32 Å². The van der Waals surface area contributed by atoms with E-state index < -0.39 is 0 Å². The van der Waals surface area contributed by atoms with E-state index in [0.29, 0.717) is 17.9 Å². The van der Waals surface area contributed by atoms with Gasteiger partial charge >= 0.3 is 0 Å². The second-order valence-electron chi connectivity index (χ2n) is 6.35. The van der Waals surface area contributed by atoms with Crippen molar-refractivity contribution < 1.29 is 0 Å². The van der Waals surface area contributed by atoms with Crippen LogP contribution in [0.3, 0.4) is 0 Å². The lowest BCUT2D eigenvalue weighted by Gasteiger charge is -2.31. The van der Waals surface area contributed by atoms with Gasteiger partial charge in [-0.05, 0) is 62.3 Å². The number of nitrogens with one attached hydrogen (secondary N) is 1. The van der Waals surface area contributed by atoms with Crippen molar-refractivity contribution >= 4 is 0 Å². The minimum Gasteiger partial charge on any atom is -0.310 e. The first-order valence-corrected chi connectivity index (χ1v) is 7.69. The van der Waals surface area contributed by atoms with Gasteiger partial charge < -0.3 is 5.32 Å². The minimum atomic E-state index is 0.473. The van der Waals surface area contributed by atoms with E-state index in [1.54, 1.807) is 0 Å². The summed E-state index contributed by atoms with van der Waals surface area (Å²) in [6.07, 6.45) is 1.19. The molecule has 0 radical (unpaired) electrons. The maximum atomic E-state index is 3.77. The van der Waals surface area contributed by atoms with Crippen LogP contribution in [0.4, 0.5) is 0 Å². The first-order chi connectivity index (χ1) is 8.88. The quantitative estimate of drug-likeness (QED) is 0.764. The van der Waals surface area contributed by atoms with E-state index in [2.05, 4.69) is 65.9 Å². The van der Waals surface area contributed by atoms with E-state index in [4.69, 9.17) is 0 Å². The molecule has 2 atom stereocenters. The van der Waals surface area contributed by atoms with Crippen molar-refractivity contribution in [2.24, 2.45) is 11.8 Å². The minimum absolute atomic E-state index is 0.473. The van der Waals surface area contributed by atoms with Gasteiger partial charge in [-0.1, -0.05) is 45.4 Å². The van der Waals surface area contributed by atoms with Gasteiger partial charge in [0.2, 0.25) is 0 Å². The second kappa shape index (κ2) is 7.09. The molecule has 0 aromatic heterocycles. The Balaban J connectivity index is 3.16. The Labute approximate surface area is 119 Å². The third kappa shape index (κ3) is 4.07. The van der Waals surface area contributed by atoms with Gasteiger partial charge in [-0.25, -0.2) is 0 Å². The number of hydrogen-bond donors (Lipinski definition) is 1. The number of aryl methyl sites for hydroxylation is 3. The van der Waals surface area contributed by atoms with Crippen LogP contribution in [0.5, 0.6) is 0 Å². The molecular weight excluding hydrogens is 230 g/mol. The van der Waals surface area contributed by atoms with Crippen molar-refractivity contribution in [1.29, 1.82) is 0 Å². The Kier molecular flexibility index (Phi) is 6.06. The van der Waals surface area contributed by atoms with Gasteiger partial charge in [0, 0.05) is 6.04 Å². The van der Waals surface area contributed by atoms with Gasteiger partial charge in [0.1, 0.15) is 0 Å². The highest BCUT2D eigenvalue weighted by atomic mass is 14.9. The van der Waals surface area contributed by atoms with E-state index in [-0.39, 0.29) is 0 Å². The Bertz CT molecular complexity index is 383. The van der Waals surface area contributed by atoms with Crippen LogP contribution in [0.2, 0.25) is 0 Å². The summed E-state index contributed by atoms with van der Waals surface area (Å²) >= 11 is 0. The molecule has 0 fully saturated rings. The number of benzene rings is 1. The van der Waals surface area contributed by atoms with Crippen LogP contribution in [-0.4, -0.2) is 6.54 Å². The van der Waals surface area contributed by atoms with E-state index in [0.717, 1.165) is 6.54 Å². The molecule has 0 saturated carbocycles. The lowest BCUT2D eigenvalue weighted by atomic mass is 9.82. The maximum Gasteiger partial charge on any atom is 0.0353 e. The smallest absolute Gasteiger partial charge is 0.0353 e. The molecule has 0 aliphatic rings. The van der Waals surface area contributed by atoms with Gasteiger partial charge in [0.05, 0.1) is 0 Å². The molecular formula is C18H31N. The van der Waals surface area contributed by atoms with Crippen molar-refractivity contribution in [3.05, 3.63) is 34.4 Å². The zero-order chi connectivity index (χ0) is 14.6. The summed E-state index contributed by atoms with van der Waals surface area (Å²) in [5.41, 5.74) is 5.74. The van der Waals surface area contributed by atoms with E-state index in [1.807, 2.05) is 0 Å². The fraction of sp³-hybridized carbons (Fsp3) is 0.667. The number of rotatable bonds is 6. The third-order valence-corrected chi connectivity index (χ3v) is 4.24. The molecule has 108 valence electrons. The zero-order valence-electron chi connectivity index (χ0n) is 13.8. The summed E-state index contributed by atoms with van der Waals surface area (Å²) < 4.78 is 0. The molecule has 1 aromatic rings. The highest BCUT2D eigenvalue weighted by Crippen LogP contribution is 2.32. The average Bonchev–Trinajstić information content (AvgIpc) is 2.31. The Hall–Kier alpha value is -0.820. The standard InChI is InChI=1S/C18H31N/c1-8-9-19-18(16(7)12(2)3)17-14(5)10-13(4)11-15(17)6/h10-12,16,18-19H,8-9H2,1-7H3. The molecule has 19 heavy (non-hydrogen) atoms. The zero-order valence-corrected chi connectivity index (χ0v) is 13.8. The van der Waals surface area contributed by atoms with Crippen LogP contribution < -0.4 is 5.32 Å². The normalized spacial score (nSPS) is 14.7. The van der Waals surface area contributed by atoms with Crippen LogP contribution in [0.15, 0.2) is 12.1 Å². The Morgan fingerprint density at radius 1 is 1.00 bits per heavy atom. The average molecular weight is 261 g/mol. The predicted molar refractivity (Wildman–Crippen MR) is 85.7 cm³/mol. The summed E-state index contributed by atoms with van der Waals surface area (Å²) in [7, 11) is 0. The number of hydrogen-bond acceptors (Lipinski definition) is 1. The van der Waals surface area contributed by atoms with Crippen LogP contribution in [-0.2, 0) is 0 Å². The molecule has 0 aliphatic heterocycles. The highest BCUT2D eigenvalue weighted by Gasteiger charge is 2.24. The molecule has 1 aromatic carbocycles. The molecule has 1 nitrogen and oxygen atoms in total. The second-order valence-corrected chi connectivity index (χ2v) is 6.35. The lowest BCUT2D eigenvalue weighted by molar-refractivity contribution is 0.302. The fourth-order valence-corrected chi connectivity index (χ4v) is 2.92. The molecule has 0 bridgehead atoms. The third-order valence-electron chi connectivity index (χ3n) is 4.24. The summed E-state index contributed by atoms with van der Waals surface area (Å²) in [6.45, 7) is 17.0. The summed E-state index contributed by atoms with van der Waals surface area (Å²) in [5.74, 6) is 1.33. The van der Waals surface area contributed by atoms with Crippen LogP contribution in [0.25, 0.3) is 0 Å². The molecule has 0 aliphatic carbocycles. The molecule has 1 N–H and O–H groups in total. The monoisotopic (exact) mass is 261 g/mol. The Morgan fingerprint density at radius 2 is 1.53 bits per heavy atom. The summed E-state index contributed by atoms with van der Waals surface area (Å²) in [4.78, 5) is 0. The summed E-state index contributed by atoms with van der Waals surface area (Å²) in [6, 6.07) is 5.10. The van der Waals surface area contributed by atoms with Gasteiger partial charge in [-0.2, -0.15) is 0 Å². The van der Waals surface area contributed by atoms with Gasteiger partial charge in [-0.15, -0.1) is 0 Å². The lowest BCUT2D eigenvalue weighted by Crippen LogP contribution is -2.31. The van der Waals surface area contributed by atoms with Gasteiger partial charge in [0.15, 0.2) is 0 Å². The van der Waals surface area contributed by atoms with Crippen molar-refractivity contribution in [3.63, 3.8) is 0 Å². The molecule has 2 unspecified atom stereocenters. The van der Waals surface area contributed by atoms with Crippen molar-refractivity contribution in [2.45, 2.75) is 60.9 Å². The first kappa shape index (κ1) is 16.2. The Morgan fingerprint density at radius 3 is 1.95 bits per heavy atom. The largest absolute Gasteiger partial charge is 0.310 e. The SMILES string of the molecule is CCCNC(c1c(C)cc(C)cc1C)C(C)C(C)C. The molecule has 1 heteroatoms. The predicted octanol–water partition coefficient (Wildman–Crippen LogP) is 4.94. The topological polar surface area (TPSA) is 12.0 Å². The first-order valence-electron chi connectivity index (χ1n) is 7.69. The molecule has 0 spiro atoms. The van der Waals surface area contributed by atoms with Crippen LogP contribution in [0, 0.1) is 32.6 Å². The van der Waals surface area contributed by atoms with Crippen molar-refractivity contribution in [3.8, 4) is 0 Å². The van der Waals surface area contributed by atoms with Crippen molar-refractivity contribution in [2.75, 3.05) is 6.54 Å². The van der Waals surface area contributed by atoms with Gasteiger partial charge in [0.25, 0.3) is 0 Å². The molecule has 0 heterocycles. The van der Waals surface area contributed by atoms with Crippen LogP contribution in [0.1, 0.15) is 62.4 Å². The van der Waals surface area contributed by atoms with E-state index >= 15 is 0 Å². The molecule has 1 rings (SSSR count). The van der Waals surface area contributed by atoms with E-state index in [1.165, 1.54) is 28.7 Å². The summed E-state index contributed by atoms with van der Waals surface area (Å²) in [5, 5.41) is 3.77. The van der Waals surface area contributed by atoms with E-state index in [9.17, 15) is 0 Å². The van der Waals surface area contributed by atoms with Gasteiger partial charge in [-0.3, -0.25) is 0 Å².